The number of hydrogen-bond donors (Lipinski definition) is 0. The lowest BCUT2D eigenvalue weighted by molar-refractivity contribution is 1.28. The average Bonchev–Trinajstić information content (AvgIpc) is 2.96. The number of fused-ring (bicyclic) bond motifs is 2. The Bertz CT molecular complexity index is 1720. The van der Waals surface area contributed by atoms with Gasteiger partial charge >= 0.3 is 0 Å². The van der Waals surface area contributed by atoms with Gasteiger partial charge in [-0.2, -0.15) is 5.26 Å². The van der Waals surface area contributed by atoms with Crippen LogP contribution in [0.4, 0.5) is 17.1 Å². The van der Waals surface area contributed by atoms with Gasteiger partial charge < -0.3 is 4.90 Å². The van der Waals surface area contributed by atoms with Crippen LogP contribution < -0.4 is 4.90 Å². The molecule has 0 saturated heterocycles. The molecule has 0 radical (unpaired) electrons. The van der Waals surface area contributed by atoms with Crippen LogP contribution in [0, 0.1) is 11.3 Å². The van der Waals surface area contributed by atoms with E-state index in [4.69, 9.17) is 0 Å². The second-order valence-corrected chi connectivity index (χ2v) is 9.00. The molecule has 0 bridgehead atoms. The number of anilines is 3. The van der Waals surface area contributed by atoms with Crippen molar-refractivity contribution in [2.75, 3.05) is 4.90 Å². The zero-order valence-corrected chi connectivity index (χ0v) is 20.3. The zero-order chi connectivity index (χ0) is 25.0. The summed E-state index contributed by atoms with van der Waals surface area (Å²) in [6.45, 7) is 0. The van der Waals surface area contributed by atoms with Crippen LogP contribution in [0.25, 0.3) is 33.7 Å². The van der Waals surface area contributed by atoms with Crippen LogP contribution in [-0.4, -0.2) is 0 Å². The summed E-state index contributed by atoms with van der Waals surface area (Å²) in [4.78, 5) is 2.26. The quantitative estimate of drug-likeness (QED) is 0.184. The topological polar surface area (TPSA) is 27.0 Å². The van der Waals surface area contributed by atoms with Crippen LogP contribution in [0.5, 0.6) is 0 Å². The molecule has 0 unspecified atom stereocenters. The third-order valence-corrected chi connectivity index (χ3v) is 6.65. The summed E-state index contributed by atoms with van der Waals surface area (Å²) in [6, 6.07) is 48.4. The Hall–Kier alpha value is -5.13. The molecular formula is C35H24N2. The van der Waals surface area contributed by atoms with Gasteiger partial charge in [-0.05, 0) is 70.4 Å². The highest BCUT2D eigenvalue weighted by Gasteiger charge is 2.11. The van der Waals surface area contributed by atoms with Gasteiger partial charge in [0, 0.05) is 27.8 Å². The monoisotopic (exact) mass is 472 g/mol. The molecule has 0 aliphatic carbocycles. The fourth-order valence-electron chi connectivity index (χ4n) is 4.84. The molecule has 6 aromatic carbocycles. The van der Waals surface area contributed by atoms with Gasteiger partial charge in [-0.3, -0.25) is 0 Å². The molecule has 0 heterocycles. The molecule has 0 aromatic heterocycles. The van der Waals surface area contributed by atoms with Crippen molar-refractivity contribution in [1.29, 1.82) is 5.26 Å². The molecule has 2 heteroatoms. The maximum atomic E-state index is 9.79. The molecule has 0 amide bonds. The Kier molecular flexibility index (Phi) is 5.95. The van der Waals surface area contributed by atoms with Gasteiger partial charge in [0.2, 0.25) is 0 Å². The Morgan fingerprint density at radius 2 is 1.03 bits per heavy atom. The molecule has 0 aliphatic rings. The van der Waals surface area contributed by atoms with Crippen LogP contribution >= 0.6 is 0 Å². The molecule has 0 fully saturated rings. The zero-order valence-electron chi connectivity index (χ0n) is 20.3. The Morgan fingerprint density at radius 3 is 1.70 bits per heavy atom. The van der Waals surface area contributed by atoms with E-state index in [1.165, 1.54) is 0 Å². The van der Waals surface area contributed by atoms with Gasteiger partial charge in [0.1, 0.15) is 6.07 Å². The van der Waals surface area contributed by atoms with Crippen molar-refractivity contribution >= 4 is 50.8 Å². The lowest BCUT2D eigenvalue weighted by atomic mass is 9.96. The first-order valence-electron chi connectivity index (χ1n) is 12.3. The first-order valence-corrected chi connectivity index (χ1v) is 12.3. The third-order valence-electron chi connectivity index (χ3n) is 6.65. The maximum absolute atomic E-state index is 9.79. The van der Waals surface area contributed by atoms with Gasteiger partial charge in [0.15, 0.2) is 0 Å². The van der Waals surface area contributed by atoms with E-state index in [0.29, 0.717) is 0 Å². The predicted octanol–water partition coefficient (Wildman–Crippen LogP) is 9.50. The first-order chi connectivity index (χ1) is 18.3. The molecule has 0 saturated carbocycles. The second-order valence-electron chi connectivity index (χ2n) is 9.00. The summed E-state index contributed by atoms with van der Waals surface area (Å²) in [5.74, 6) is 0. The summed E-state index contributed by atoms with van der Waals surface area (Å²) in [7, 11) is 0. The SMILES string of the molecule is N#Cc1c2ccccc2cc2cc(C=Cc3ccc(N(c4ccccc4)c4ccccc4)cc3)ccc12. The largest absolute Gasteiger partial charge is 0.311 e. The lowest BCUT2D eigenvalue weighted by Crippen LogP contribution is -2.09. The minimum atomic E-state index is 0.737. The highest BCUT2D eigenvalue weighted by Crippen LogP contribution is 2.34. The minimum absolute atomic E-state index is 0.737. The Morgan fingerprint density at radius 1 is 0.486 bits per heavy atom. The minimum Gasteiger partial charge on any atom is -0.311 e. The van der Waals surface area contributed by atoms with Crippen molar-refractivity contribution in [1.82, 2.24) is 0 Å². The highest BCUT2D eigenvalue weighted by molar-refractivity contribution is 6.05. The summed E-state index contributed by atoms with van der Waals surface area (Å²) < 4.78 is 0. The molecule has 0 atom stereocenters. The molecule has 6 aromatic rings. The Balaban J connectivity index is 1.31. The molecule has 0 spiro atoms. The van der Waals surface area contributed by atoms with Crippen molar-refractivity contribution in [3.8, 4) is 6.07 Å². The number of rotatable bonds is 5. The molecule has 2 nitrogen and oxygen atoms in total. The van der Waals surface area contributed by atoms with E-state index in [9.17, 15) is 5.26 Å². The van der Waals surface area contributed by atoms with Gasteiger partial charge in [-0.15, -0.1) is 0 Å². The van der Waals surface area contributed by atoms with Crippen molar-refractivity contribution in [3.05, 3.63) is 150 Å². The van der Waals surface area contributed by atoms with Crippen LogP contribution in [0.3, 0.4) is 0 Å². The summed E-state index contributed by atoms with van der Waals surface area (Å²) in [5, 5.41) is 14.0. The number of benzene rings is 6. The number of hydrogen-bond acceptors (Lipinski definition) is 2. The molecular weight excluding hydrogens is 448 g/mol. The van der Waals surface area contributed by atoms with Crippen molar-refractivity contribution in [2.24, 2.45) is 0 Å². The second kappa shape index (κ2) is 9.85. The van der Waals surface area contributed by atoms with E-state index in [0.717, 1.165) is 55.3 Å². The third kappa shape index (κ3) is 4.47. The van der Waals surface area contributed by atoms with Crippen LogP contribution in [0.15, 0.2) is 133 Å². The van der Waals surface area contributed by atoms with Crippen LogP contribution in [-0.2, 0) is 0 Å². The van der Waals surface area contributed by atoms with E-state index < -0.39 is 0 Å². The van der Waals surface area contributed by atoms with Crippen molar-refractivity contribution in [2.45, 2.75) is 0 Å². The van der Waals surface area contributed by atoms with E-state index in [1.807, 2.05) is 30.3 Å². The first kappa shape index (κ1) is 22.3. The standard InChI is InChI=1S/C35H24N2/c36-25-35-33-14-8-7-9-28(33)24-29-23-27(19-22-34(29)35)16-15-26-17-20-32(21-18-26)37(30-10-3-1-4-11-30)31-12-5-2-6-13-31/h1-24H. The Labute approximate surface area is 217 Å². The van der Waals surface area contributed by atoms with Crippen LogP contribution in [0.1, 0.15) is 16.7 Å². The summed E-state index contributed by atoms with van der Waals surface area (Å²) in [6.07, 6.45) is 4.26. The molecule has 0 N–H and O–H groups in total. The fraction of sp³-hybridized carbons (Fsp3) is 0. The smallest absolute Gasteiger partial charge is 0.100 e. The van der Waals surface area contributed by atoms with E-state index in [-0.39, 0.29) is 0 Å². The molecule has 6 rings (SSSR count). The fourth-order valence-corrected chi connectivity index (χ4v) is 4.84. The summed E-state index contributed by atoms with van der Waals surface area (Å²) in [5.41, 5.74) is 6.32. The van der Waals surface area contributed by atoms with Gasteiger partial charge in [-0.1, -0.05) is 97.1 Å². The molecule has 174 valence electrons. The van der Waals surface area contributed by atoms with Crippen molar-refractivity contribution in [3.63, 3.8) is 0 Å². The lowest BCUT2D eigenvalue weighted by Gasteiger charge is -2.25. The summed E-state index contributed by atoms with van der Waals surface area (Å²) >= 11 is 0. The van der Waals surface area contributed by atoms with Crippen molar-refractivity contribution < 1.29 is 0 Å². The van der Waals surface area contributed by atoms with Gasteiger partial charge in [0.25, 0.3) is 0 Å². The average molecular weight is 473 g/mol. The molecule has 37 heavy (non-hydrogen) atoms. The predicted molar refractivity (Wildman–Crippen MR) is 156 cm³/mol. The number of nitriles is 1. The van der Waals surface area contributed by atoms with Gasteiger partial charge in [0.05, 0.1) is 5.56 Å². The number of nitrogens with zero attached hydrogens (tertiary/aromatic N) is 2. The van der Waals surface area contributed by atoms with E-state index >= 15 is 0 Å². The van der Waals surface area contributed by atoms with E-state index in [1.54, 1.807) is 0 Å². The maximum Gasteiger partial charge on any atom is 0.100 e. The molecule has 0 aliphatic heterocycles. The van der Waals surface area contributed by atoms with Gasteiger partial charge in [-0.25, -0.2) is 0 Å². The van der Waals surface area contributed by atoms with E-state index in [2.05, 4.69) is 126 Å². The highest BCUT2D eigenvalue weighted by atomic mass is 15.1. The number of para-hydroxylation sites is 2. The normalized spacial score (nSPS) is 11.1. The van der Waals surface area contributed by atoms with Crippen LogP contribution in [0.2, 0.25) is 0 Å².